The molecule has 0 atom stereocenters. The van der Waals surface area contributed by atoms with Crippen LogP contribution in [0, 0.1) is 0 Å². The quantitative estimate of drug-likeness (QED) is 0.561. The Morgan fingerprint density at radius 3 is 2.09 bits per heavy atom. The predicted molar refractivity (Wildman–Crippen MR) is 93.2 cm³/mol. The molecule has 0 aromatic carbocycles. The first-order valence-corrected chi connectivity index (χ1v) is 9.68. The minimum absolute atomic E-state index is 0.683. The Morgan fingerprint density at radius 2 is 1.50 bits per heavy atom. The Bertz CT molecular complexity index is 247. The van der Waals surface area contributed by atoms with Crippen LogP contribution in [-0.2, 0) is 4.74 Å². The molecule has 0 aromatic rings. The van der Waals surface area contributed by atoms with Gasteiger partial charge in [-0.15, -0.1) is 0 Å². The van der Waals surface area contributed by atoms with Crippen LogP contribution in [0.5, 0.6) is 0 Å². The third-order valence-corrected chi connectivity index (χ3v) is 5.02. The zero-order chi connectivity index (χ0) is 15.5. The van der Waals surface area contributed by atoms with E-state index in [1.54, 1.807) is 0 Å². The van der Waals surface area contributed by atoms with E-state index in [1.807, 2.05) is 0 Å². The van der Waals surface area contributed by atoms with Gasteiger partial charge in [0.1, 0.15) is 0 Å². The summed E-state index contributed by atoms with van der Waals surface area (Å²) in [4.78, 5) is 5.43. The minimum Gasteiger partial charge on any atom is -0.380 e. The summed E-state index contributed by atoms with van der Waals surface area (Å²) in [5, 5.41) is 3.58. The number of likely N-dealkylation sites (tertiary alicyclic amines) is 2. The van der Waals surface area contributed by atoms with E-state index in [2.05, 4.69) is 22.0 Å². The molecule has 0 aromatic heterocycles. The average Bonchev–Trinajstić information content (AvgIpc) is 3.22. The lowest BCUT2D eigenvalue weighted by molar-refractivity contribution is 0.0710. The van der Waals surface area contributed by atoms with Crippen molar-refractivity contribution in [1.29, 1.82) is 0 Å². The predicted octanol–water partition coefficient (Wildman–Crippen LogP) is 2.69. The van der Waals surface area contributed by atoms with Crippen LogP contribution in [0.25, 0.3) is 0 Å². The SMILES string of the molecule is CCCCCOCCNCCC(N1CCCC1)N1CCCC1. The van der Waals surface area contributed by atoms with Crippen molar-refractivity contribution in [1.82, 2.24) is 15.1 Å². The maximum atomic E-state index is 5.66. The topological polar surface area (TPSA) is 27.7 Å². The van der Waals surface area contributed by atoms with E-state index in [0.717, 1.165) is 26.3 Å². The number of nitrogens with zero attached hydrogens (tertiary/aromatic N) is 2. The summed E-state index contributed by atoms with van der Waals surface area (Å²) < 4.78 is 5.66. The van der Waals surface area contributed by atoms with Gasteiger partial charge in [0, 0.05) is 13.2 Å². The van der Waals surface area contributed by atoms with Crippen LogP contribution in [0.2, 0.25) is 0 Å². The van der Waals surface area contributed by atoms with E-state index >= 15 is 0 Å². The Hall–Kier alpha value is -0.160. The van der Waals surface area contributed by atoms with Gasteiger partial charge >= 0.3 is 0 Å². The molecule has 4 nitrogen and oxygen atoms in total. The summed E-state index contributed by atoms with van der Waals surface area (Å²) in [5.41, 5.74) is 0. The molecule has 0 aliphatic carbocycles. The molecule has 0 saturated carbocycles. The lowest BCUT2D eigenvalue weighted by Crippen LogP contribution is -2.47. The molecule has 2 fully saturated rings. The third kappa shape index (κ3) is 6.53. The lowest BCUT2D eigenvalue weighted by Gasteiger charge is -2.35. The monoisotopic (exact) mass is 311 g/mol. The third-order valence-electron chi connectivity index (χ3n) is 5.02. The molecule has 1 N–H and O–H groups in total. The fourth-order valence-corrected chi connectivity index (χ4v) is 3.73. The van der Waals surface area contributed by atoms with Gasteiger partial charge in [-0.25, -0.2) is 0 Å². The standard InChI is InChI=1S/C18H37N3O/c1-2-3-8-16-22-17-11-19-10-9-18(20-12-4-5-13-20)21-14-6-7-15-21/h18-19H,2-17H2,1H3. The van der Waals surface area contributed by atoms with Crippen molar-refractivity contribution >= 4 is 0 Å². The first kappa shape index (κ1) is 18.2. The highest BCUT2D eigenvalue weighted by atomic mass is 16.5. The normalized spacial score (nSPS) is 20.5. The van der Waals surface area contributed by atoms with Crippen LogP contribution in [-0.4, -0.2) is 68.4 Å². The largest absolute Gasteiger partial charge is 0.380 e. The molecule has 2 saturated heterocycles. The Balaban J connectivity index is 1.54. The van der Waals surface area contributed by atoms with Crippen molar-refractivity contribution in [3.05, 3.63) is 0 Å². The van der Waals surface area contributed by atoms with Gasteiger partial charge in [-0.3, -0.25) is 9.80 Å². The highest BCUT2D eigenvalue weighted by molar-refractivity contribution is 4.80. The second kappa shape index (κ2) is 11.4. The first-order valence-electron chi connectivity index (χ1n) is 9.68. The molecule has 2 aliphatic heterocycles. The van der Waals surface area contributed by atoms with Gasteiger partial charge in [-0.1, -0.05) is 19.8 Å². The van der Waals surface area contributed by atoms with Gasteiger partial charge < -0.3 is 10.1 Å². The fourth-order valence-electron chi connectivity index (χ4n) is 3.73. The summed E-state index contributed by atoms with van der Waals surface area (Å²) in [7, 11) is 0. The molecule has 2 aliphatic rings. The molecule has 0 spiro atoms. The molecule has 4 heteroatoms. The van der Waals surface area contributed by atoms with Crippen LogP contribution < -0.4 is 5.32 Å². The van der Waals surface area contributed by atoms with Gasteiger partial charge in [0.25, 0.3) is 0 Å². The van der Waals surface area contributed by atoms with Crippen molar-refractivity contribution < 1.29 is 4.74 Å². The Kier molecular flexibility index (Phi) is 9.41. The summed E-state index contributed by atoms with van der Waals surface area (Å²) in [6.45, 7) is 11.4. The zero-order valence-electron chi connectivity index (χ0n) is 14.7. The number of nitrogens with one attached hydrogen (secondary N) is 1. The van der Waals surface area contributed by atoms with Crippen molar-refractivity contribution in [2.24, 2.45) is 0 Å². The molecule has 0 radical (unpaired) electrons. The molecule has 0 bridgehead atoms. The van der Waals surface area contributed by atoms with Gasteiger partial charge in [0.05, 0.1) is 12.8 Å². The van der Waals surface area contributed by atoms with Gasteiger partial charge in [0.2, 0.25) is 0 Å². The fraction of sp³-hybridized carbons (Fsp3) is 1.00. The van der Waals surface area contributed by atoms with E-state index < -0.39 is 0 Å². The molecular formula is C18H37N3O. The van der Waals surface area contributed by atoms with Crippen molar-refractivity contribution in [2.75, 3.05) is 52.5 Å². The second-order valence-corrected chi connectivity index (χ2v) is 6.82. The van der Waals surface area contributed by atoms with Crippen LogP contribution in [0.15, 0.2) is 0 Å². The van der Waals surface area contributed by atoms with E-state index in [9.17, 15) is 0 Å². The Labute approximate surface area is 137 Å². The number of rotatable bonds is 12. The smallest absolute Gasteiger partial charge is 0.0634 e. The molecule has 0 unspecified atom stereocenters. The van der Waals surface area contributed by atoms with E-state index in [-0.39, 0.29) is 0 Å². The Morgan fingerprint density at radius 1 is 0.864 bits per heavy atom. The van der Waals surface area contributed by atoms with Crippen LogP contribution in [0.3, 0.4) is 0 Å². The van der Waals surface area contributed by atoms with Crippen LogP contribution in [0.4, 0.5) is 0 Å². The van der Waals surface area contributed by atoms with Crippen molar-refractivity contribution in [2.45, 2.75) is 64.5 Å². The van der Waals surface area contributed by atoms with Crippen molar-refractivity contribution in [3.63, 3.8) is 0 Å². The summed E-state index contributed by atoms with van der Waals surface area (Å²) in [5.74, 6) is 0. The van der Waals surface area contributed by atoms with Crippen LogP contribution >= 0.6 is 0 Å². The zero-order valence-corrected chi connectivity index (χ0v) is 14.7. The molecule has 2 heterocycles. The molecular weight excluding hydrogens is 274 g/mol. The number of ether oxygens (including phenoxy) is 1. The number of hydrogen-bond donors (Lipinski definition) is 1. The van der Waals surface area contributed by atoms with E-state index in [0.29, 0.717) is 6.17 Å². The highest BCUT2D eigenvalue weighted by Gasteiger charge is 2.28. The first-order chi connectivity index (χ1) is 10.9. The maximum Gasteiger partial charge on any atom is 0.0634 e. The average molecular weight is 312 g/mol. The van der Waals surface area contributed by atoms with Gasteiger partial charge in [0.15, 0.2) is 0 Å². The highest BCUT2D eigenvalue weighted by Crippen LogP contribution is 2.21. The van der Waals surface area contributed by atoms with Crippen molar-refractivity contribution in [3.8, 4) is 0 Å². The van der Waals surface area contributed by atoms with E-state index in [4.69, 9.17) is 4.74 Å². The molecule has 22 heavy (non-hydrogen) atoms. The summed E-state index contributed by atoms with van der Waals surface area (Å²) in [6.07, 6.45) is 11.3. The maximum absolute atomic E-state index is 5.66. The molecule has 130 valence electrons. The second-order valence-electron chi connectivity index (χ2n) is 6.82. The minimum atomic E-state index is 0.683. The van der Waals surface area contributed by atoms with Gasteiger partial charge in [-0.05, 0) is 71.2 Å². The number of hydrogen-bond acceptors (Lipinski definition) is 4. The summed E-state index contributed by atoms with van der Waals surface area (Å²) in [6, 6.07) is 0. The van der Waals surface area contributed by atoms with E-state index in [1.165, 1.54) is 77.5 Å². The molecule has 2 rings (SSSR count). The molecule has 0 amide bonds. The van der Waals surface area contributed by atoms with Crippen LogP contribution in [0.1, 0.15) is 58.3 Å². The number of unbranched alkanes of at least 4 members (excludes halogenated alkanes) is 2. The lowest BCUT2D eigenvalue weighted by atomic mass is 10.2. The summed E-state index contributed by atoms with van der Waals surface area (Å²) >= 11 is 0. The van der Waals surface area contributed by atoms with Gasteiger partial charge in [-0.2, -0.15) is 0 Å².